The fourth-order valence-corrected chi connectivity index (χ4v) is 4.41. The van der Waals surface area contributed by atoms with Gasteiger partial charge in [0.25, 0.3) is 0 Å². The Kier molecular flexibility index (Phi) is 12.5. The SMILES string of the molecule is CC(C)C[C@H]1C(=O)N[C@H](C(=O)NCCCCCCF)Cc2ccc(cc2)OCCC[C@@H]1C(=O)NO. The molecule has 1 aromatic carbocycles. The number of hydrogen-bond acceptors (Lipinski definition) is 5. The maximum absolute atomic E-state index is 13.4. The zero-order valence-corrected chi connectivity index (χ0v) is 20.9. The van der Waals surface area contributed by atoms with Crippen LogP contribution in [0.2, 0.25) is 0 Å². The molecule has 3 rings (SSSR count). The normalized spacial score (nSPS) is 21.1. The van der Waals surface area contributed by atoms with Crippen LogP contribution in [0.15, 0.2) is 24.3 Å². The van der Waals surface area contributed by atoms with Crippen molar-refractivity contribution in [3.05, 3.63) is 29.8 Å². The Morgan fingerprint density at radius 2 is 1.86 bits per heavy atom. The Morgan fingerprint density at radius 3 is 2.51 bits per heavy atom. The van der Waals surface area contributed by atoms with Crippen molar-refractivity contribution < 1.29 is 28.7 Å². The second-order valence-electron chi connectivity index (χ2n) is 9.61. The number of halogens is 1. The van der Waals surface area contributed by atoms with Gasteiger partial charge >= 0.3 is 0 Å². The summed E-state index contributed by atoms with van der Waals surface area (Å²) in [6, 6.07) is 6.57. The van der Waals surface area contributed by atoms with Crippen LogP contribution in [0, 0.1) is 17.8 Å². The summed E-state index contributed by atoms with van der Waals surface area (Å²) in [5.74, 6) is -1.95. The number of benzene rings is 1. The number of fused-ring (bicyclic) bond motifs is 11. The van der Waals surface area contributed by atoms with Gasteiger partial charge in [-0.2, -0.15) is 0 Å². The molecule has 2 bridgehead atoms. The van der Waals surface area contributed by atoms with Gasteiger partial charge in [0, 0.05) is 18.9 Å². The van der Waals surface area contributed by atoms with Crippen LogP contribution in [0.1, 0.15) is 64.4 Å². The third-order valence-electron chi connectivity index (χ3n) is 6.28. The summed E-state index contributed by atoms with van der Waals surface area (Å²) in [7, 11) is 0. The van der Waals surface area contributed by atoms with E-state index < -0.39 is 23.8 Å². The lowest BCUT2D eigenvalue weighted by molar-refractivity contribution is -0.142. The highest BCUT2D eigenvalue weighted by Gasteiger charge is 2.36. The molecular weight excluding hydrogens is 453 g/mol. The highest BCUT2D eigenvalue weighted by molar-refractivity contribution is 5.91. The van der Waals surface area contributed by atoms with E-state index in [4.69, 9.17) is 4.74 Å². The second-order valence-corrected chi connectivity index (χ2v) is 9.61. The molecule has 0 unspecified atom stereocenters. The van der Waals surface area contributed by atoms with Gasteiger partial charge in [-0.25, -0.2) is 5.48 Å². The Bertz CT molecular complexity index is 803. The van der Waals surface area contributed by atoms with Crippen molar-refractivity contribution in [2.24, 2.45) is 17.8 Å². The molecule has 2 aliphatic heterocycles. The van der Waals surface area contributed by atoms with Crippen LogP contribution in [0.3, 0.4) is 0 Å². The molecule has 3 atom stereocenters. The Labute approximate surface area is 207 Å². The average molecular weight is 494 g/mol. The van der Waals surface area contributed by atoms with Crippen molar-refractivity contribution in [2.45, 2.75) is 71.3 Å². The summed E-state index contributed by atoms with van der Waals surface area (Å²) >= 11 is 0. The number of ether oxygens (including phenoxy) is 1. The predicted molar refractivity (Wildman–Crippen MR) is 131 cm³/mol. The van der Waals surface area contributed by atoms with Crippen molar-refractivity contribution in [1.82, 2.24) is 16.1 Å². The molecule has 0 saturated heterocycles. The van der Waals surface area contributed by atoms with Crippen LogP contribution in [-0.2, 0) is 20.8 Å². The van der Waals surface area contributed by atoms with Gasteiger partial charge in [-0.15, -0.1) is 0 Å². The first kappa shape index (κ1) is 28.6. The summed E-state index contributed by atoms with van der Waals surface area (Å²) < 4.78 is 18.0. The molecule has 9 heteroatoms. The summed E-state index contributed by atoms with van der Waals surface area (Å²) in [5, 5.41) is 15.1. The molecule has 4 N–H and O–H groups in total. The topological polar surface area (TPSA) is 117 Å². The monoisotopic (exact) mass is 493 g/mol. The third-order valence-corrected chi connectivity index (χ3v) is 6.28. The number of alkyl halides is 1. The van der Waals surface area contributed by atoms with Crippen molar-refractivity contribution >= 4 is 17.7 Å². The minimum absolute atomic E-state index is 0.123. The average Bonchev–Trinajstić information content (AvgIpc) is 2.84. The molecule has 2 heterocycles. The van der Waals surface area contributed by atoms with E-state index in [1.165, 1.54) is 0 Å². The van der Waals surface area contributed by atoms with E-state index >= 15 is 0 Å². The van der Waals surface area contributed by atoms with Crippen LogP contribution < -0.4 is 20.9 Å². The molecule has 0 radical (unpaired) electrons. The fourth-order valence-electron chi connectivity index (χ4n) is 4.41. The van der Waals surface area contributed by atoms with Crippen molar-refractivity contribution in [3.63, 3.8) is 0 Å². The minimum Gasteiger partial charge on any atom is -0.494 e. The number of nitrogens with one attached hydrogen (secondary N) is 3. The van der Waals surface area contributed by atoms with Gasteiger partial charge in [0.2, 0.25) is 17.7 Å². The van der Waals surface area contributed by atoms with Gasteiger partial charge in [0.1, 0.15) is 11.8 Å². The van der Waals surface area contributed by atoms with E-state index in [9.17, 15) is 24.0 Å². The fraction of sp³-hybridized carbons (Fsp3) is 0.654. The maximum atomic E-state index is 13.4. The first-order chi connectivity index (χ1) is 16.8. The van der Waals surface area contributed by atoms with Gasteiger partial charge in [-0.05, 0) is 55.7 Å². The molecule has 0 saturated carbocycles. The highest BCUT2D eigenvalue weighted by atomic mass is 19.1. The first-order valence-electron chi connectivity index (χ1n) is 12.7. The number of carbonyl (C=O) groups is 3. The zero-order chi connectivity index (χ0) is 25.6. The molecule has 0 fully saturated rings. The molecular formula is C26H40FN3O5. The molecule has 2 aliphatic rings. The lowest BCUT2D eigenvalue weighted by atomic mass is 9.81. The van der Waals surface area contributed by atoms with E-state index in [2.05, 4.69) is 10.6 Å². The third kappa shape index (κ3) is 9.84. The van der Waals surface area contributed by atoms with E-state index in [1.807, 2.05) is 38.1 Å². The molecule has 8 nitrogen and oxygen atoms in total. The van der Waals surface area contributed by atoms with Gasteiger partial charge in [0.05, 0.1) is 19.2 Å². The van der Waals surface area contributed by atoms with E-state index in [0.29, 0.717) is 44.6 Å². The quantitative estimate of drug-likeness (QED) is 0.227. The minimum atomic E-state index is -0.824. The summed E-state index contributed by atoms with van der Waals surface area (Å²) in [5.41, 5.74) is 2.57. The number of unbranched alkanes of at least 4 members (excludes halogenated alkanes) is 3. The standard InChI is InChI=1S/C26H40FN3O5/c1-18(2)16-22-21(25(32)30-34)8-7-15-35-20-11-9-19(10-12-20)17-23(29-24(22)31)26(33)28-14-6-4-3-5-13-27/h9-12,18,21-23,34H,3-8,13-17H2,1-2H3,(H,28,33)(H,29,31)(H,30,32)/t21-,22+,23-/m0/s1. The number of carbonyl (C=O) groups excluding carboxylic acids is 3. The van der Waals surface area contributed by atoms with Crippen LogP contribution in [0.5, 0.6) is 5.75 Å². The molecule has 3 amide bonds. The van der Waals surface area contributed by atoms with Gasteiger partial charge in [0.15, 0.2) is 0 Å². The second kappa shape index (κ2) is 15.3. The van der Waals surface area contributed by atoms with Gasteiger partial charge in [-0.1, -0.05) is 38.8 Å². The van der Waals surface area contributed by atoms with Crippen LogP contribution in [-0.4, -0.2) is 48.8 Å². The van der Waals surface area contributed by atoms with Gasteiger partial charge < -0.3 is 15.4 Å². The molecule has 0 aliphatic carbocycles. The summed E-state index contributed by atoms with van der Waals surface area (Å²) in [4.78, 5) is 39.0. The summed E-state index contributed by atoms with van der Waals surface area (Å²) in [6.07, 6.45) is 4.42. The van der Waals surface area contributed by atoms with Crippen molar-refractivity contribution in [3.8, 4) is 5.75 Å². The molecule has 1 aromatic rings. The Morgan fingerprint density at radius 1 is 1.14 bits per heavy atom. The van der Waals surface area contributed by atoms with E-state index in [1.54, 1.807) is 5.48 Å². The molecule has 196 valence electrons. The number of amides is 3. The number of rotatable bonds is 10. The van der Waals surface area contributed by atoms with Crippen molar-refractivity contribution in [2.75, 3.05) is 19.8 Å². The van der Waals surface area contributed by atoms with E-state index in [-0.39, 0.29) is 30.8 Å². The Hall–Kier alpha value is -2.68. The summed E-state index contributed by atoms with van der Waals surface area (Å²) in [6.45, 7) is 4.40. The molecule has 0 spiro atoms. The van der Waals surface area contributed by atoms with Crippen LogP contribution >= 0.6 is 0 Å². The predicted octanol–water partition coefficient (Wildman–Crippen LogP) is 3.32. The maximum Gasteiger partial charge on any atom is 0.247 e. The molecule has 35 heavy (non-hydrogen) atoms. The zero-order valence-electron chi connectivity index (χ0n) is 20.9. The Balaban J connectivity index is 2.24. The lowest BCUT2D eigenvalue weighted by Crippen LogP contribution is -2.52. The number of hydrogen-bond donors (Lipinski definition) is 4. The first-order valence-corrected chi connectivity index (χ1v) is 12.7. The van der Waals surface area contributed by atoms with E-state index in [0.717, 1.165) is 24.8 Å². The van der Waals surface area contributed by atoms with Crippen molar-refractivity contribution in [1.29, 1.82) is 0 Å². The smallest absolute Gasteiger partial charge is 0.247 e. The van der Waals surface area contributed by atoms with Gasteiger partial charge in [-0.3, -0.25) is 24.0 Å². The highest BCUT2D eigenvalue weighted by Crippen LogP contribution is 2.27. The lowest BCUT2D eigenvalue weighted by Gasteiger charge is -2.29. The number of hydroxylamine groups is 1. The van der Waals surface area contributed by atoms with Crippen LogP contribution in [0.4, 0.5) is 4.39 Å². The molecule has 0 aromatic heterocycles. The van der Waals surface area contributed by atoms with Crippen LogP contribution in [0.25, 0.3) is 0 Å². The largest absolute Gasteiger partial charge is 0.494 e.